The molecule has 0 amide bonds. The SMILES string of the molecule is N#C[C@]1(C=O)[C@H](c2cccc(Cl)c2)[C@H]1S(=O)(=O)c1ccccc1. The minimum atomic E-state index is -3.80. The van der Waals surface area contributed by atoms with Crippen LogP contribution in [0.3, 0.4) is 0 Å². The summed E-state index contributed by atoms with van der Waals surface area (Å²) in [5.41, 5.74) is -0.991. The number of benzene rings is 2. The summed E-state index contributed by atoms with van der Waals surface area (Å²) in [6.07, 6.45) is 0.448. The van der Waals surface area contributed by atoms with Gasteiger partial charge in [-0.25, -0.2) is 8.42 Å². The first-order valence-corrected chi connectivity index (χ1v) is 8.82. The third-order valence-corrected chi connectivity index (χ3v) is 6.68. The van der Waals surface area contributed by atoms with Crippen molar-refractivity contribution in [3.8, 4) is 6.07 Å². The predicted molar refractivity (Wildman–Crippen MR) is 85.7 cm³/mol. The number of carbonyl (C=O) groups is 1. The highest BCUT2D eigenvalue weighted by Crippen LogP contribution is 2.62. The summed E-state index contributed by atoms with van der Waals surface area (Å²) in [5.74, 6) is -0.714. The summed E-state index contributed by atoms with van der Waals surface area (Å²) < 4.78 is 25.7. The van der Waals surface area contributed by atoms with Gasteiger partial charge in [0.1, 0.15) is 17.0 Å². The van der Waals surface area contributed by atoms with E-state index in [2.05, 4.69) is 0 Å². The number of aldehydes is 1. The van der Waals surface area contributed by atoms with Gasteiger partial charge in [-0.05, 0) is 29.8 Å². The third-order valence-electron chi connectivity index (χ3n) is 4.18. The maximum Gasteiger partial charge on any atom is 0.183 e. The molecule has 1 aliphatic carbocycles. The van der Waals surface area contributed by atoms with E-state index in [0.29, 0.717) is 16.9 Å². The van der Waals surface area contributed by atoms with Crippen molar-refractivity contribution in [2.45, 2.75) is 16.1 Å². The first kappa shape index (κ1) is 15.7. The molecule has 4 nitrogen and oxygen atoms in total. The monoisotopic (exact) mass is 345 g/mol. The Morgan fingerprint density at radius 1 is 1.13 bits per heavy atom. The molecule has 2 aromatic carbocycles. The second-order valence-electron chi connectivity index (χ2n) is 5.47. The van der Waals surface area contributed by atoms with E-state index < -0.39 is 26.4 Å². The number of hydrogen-bond donors (Lipinski definition) is 0. The average Bonchev–Trinajstić information content (AvgIpc) is 3.26. The van der Waals surface area contributed by atoms with Gasteiger partial charge in [-0.15, -0.1) is 0 Å². The van der Waals surface area contributed by atoms with Crippen molar-refractivity contribution < 1.29 is 13.2 Å². The fourth-order valence-electron chi connectivity index (χ4n) is 3.02. The maximum atomic E-state index is 12.9. The van der Waals surface area contributed by atoms with E-state index in [1.165, 1.54) is 12.1 Å². The van der Waals surface area contributed by atoms with Crippen molar-refractivity contribution in [1.82, 2.24) is 0 Å². The zero-order chi connectivity index (χ0) is 16.7. The van der Waals surface area contributed by atoms with E-state index in [9.17, 15) is 18.5 Å². The number of sulfone groups is 1. The Morgan fingerprint density at radius 3 is 2.39 bits per heavy atom. The Kier molecular flexibility index (Phi) is 3.75. The topological polar surface area (TPSA) is 75.0 Å². The molecule has 1 fully saturated rings. The molecule has 0 saturated heterocycles. The molecule has 1 saturated carbocycles. The lowest BCUT2D eigenvalue weighted by Crippen LogP contribution is -2.16. The van der Waals surface area contributed by atoms with Crippen LogP contribution in [-0.2, 0) is 14.6 Å². The fraction of sp³-hybridized carbons (Fsp3) is 0.176. The molecule has 3 rings (SSSR count). The molecule has 1 aliphatic rings. The van der Waals surface area contributed by atoms with Gasteiger partial charge in [0.15, 0.2) is 9.84 Å². The molecule has 0 N–H and O–H groups in total. The molecule has 0 aliphatic heterocycles. The summed E-state index contributed by atoms with van der Waals surface area (Å²) in [6.45, 7) is 0. The van der Waals surface area contributed by atoms with Crippen LogP contribution in [0.2, 0.25) is 5.02 Å². The Hall–Kier alpha value is -2.16. The Labute approximate surface area is 139 Å². The summed E-state index contributed by atoms with van der Waals surface area (Å²) in [4.78, 5) is 11.7. The van der Waals surface area contributed by atoms with Crippen LogP contribution in [0, 0.1) is 16.7 Å². The van der Waals surface area contributed by atoms with Gasteiger partial charge in [-0.2, -0.15) is 5.26 Å². The third kappa shape index (κ3) is 2.35. The minimum absolute atomic E-state index is 0.107. The Bertz CT molecular complexity index is 905. The van der Waals surface area contributed by atoms with E-state index in [1.54, 1.807) is 42.5 Å². The van der Waals surface area contributed by atoms with Gasteiger partial charge in [-0.1, -0.05) is 41.9 Å². The number of rotatable bonds is 4. The highest BCUT2D eigenvalue weighted by atomic mass is 35.5. The second kappa shape index (κ2) is 5.48. The number of hydrogen-bond acceptors (Lipinski definition) is 4. The smallest absolute Gasteiger partial charge is 0.183 e. The summed E-state index contributed by atoms with van der Waals surface area (Å²) in [6, 6.07) is 16.4. The van der Waals surface area contributed by atoms with Crippen molar-refractivity contribution in [3.05, 3.63) is 65.2 Å². The normalized spacial score (nSPS) is 26.3. The number of halogens is 1. The highest BCUT2D eigenvalue weighted by Gasteiger charge is 2.72. The molecule has 116 valence electrons. The highest BCUT2D eigenvalue weighted by molar-refractivity contribution is 7.92. The standard InChI is InChI=1S/C17H12ClNO3S/c18-13-6-4-5-12(9-13)15-16(17(15,10-19)11-20)23(21,22)14-7-2-1-3-8-14/h1-9,11,15-16H/t15-,16-,17+/m1/s1. The van der Waals surface area contributed by atoms with Crippen LogP contribution < -0.4 is 0 Å². The molecular formula is C17H12ClNO3S. The van der Waals surface area contributed by atoms with Gasteiger partial charge in [-0.3, -0.25) is 0 Å². The first-order chi connectivity index (χ1) is 11.0. The van der Waals surface area contributed by atoms with Crippen molar-refractivity contribution in [2.24, 2.45) is 5.41 Å². The molecular weight excluding hydrogens is 334 g/mol. The maximum absolute atomic E-state index is 12.9. The molecule has 2 aromatic rings. The van der Waals surface area contributed by atoms with E-state index in [1.807, 2.05) is 6.07 Å². The zero-order valence-corrected chi connectivity index (χ0v) is 13.5. The van der Waals surface area contributed by atoms with Crippen LogP contribution in [-0.4, -0.2) is 20.0 Å². The van der Waals surface area contributed by atoms with Crippen LogP contribution in [0.1, 0.15) is 11.5 Å². The lowest BCUT2D eigenvalue weighted by atomic mass is 10.0. The van der Waals surface area contributed by atoms with Crippen molar-refractivity contribution in [2.75, 3.05) is 0 Å². The van der Waals surface area contributed by atoms with Crippen LogP contribution in [0.15, 0.2) is 59.5 Å². The first-order valence-electron chi connectivity index (χ1n) is 6.89. The Morgan fingerprint density at radius 2 is 1.83 bits per heavy atom. The Balaban J connectivity index is 2.11. The van der Waals surface area contributed by atoms with E-state index in [0.717, 1.165) is 0 Å². The van der Waals surface area contributed by atoms with Gasteiger partial charge in [0.2, 0.25) is 0 Å². The minimum Gasteiger partial charge on any atom is -0.302 e. The lowest BCUT2D eigenvalue weighted by molar-refractivity contribution is -0.110. The van der Waals surface area contributed by atoms with Crippen LogP contribution in [0.4, 0.5) is 0 Å². The lowest BCUT2D eigenvalue weighted by Gasteiger charge is -2.04. The molecule has 0 unspecified atom stereocenters. The van der Waals surface area contributed by atoms with E-state index >= 15 is 0 Å². The molecule has 0 heterocycles. The summed E-state index contributed by atoms with van der Waals surface area (Å²) >= 11 is 5.95. The second-order valence-corrected chi connectivity index (χ2v) is 7.98. The summed E-state index contributed by atoms with van der Waals surface area (Å²) in [5, 5.41) is 8.79. The van der Waals surface area contributed by atoms with Crippen molar-refractivity contribution >= 4 is 27.7 Å². The molecule has 23 heavy (non-hydrogen) atoms. The van der Waals surface area contributed by atoms with Crippen LogP contribution >= 0.6 is 11.6 Å². The van der Waals surface area contributed by atoms with Crippen molar-refractivity contribution in [3.63, 3.8) is 0 Å². The van der Waals surface area contributed by atoms with Gasteiger partial charge < -0.3 is 4.79 Å². The molecule has 3 atom stereocenters. The number of nitrogens with zero attached hydrogens (tertiary/aromatic N) is 1. The van der Waals surface area contributed by atoms with E-state index in [-0.39, 0.29) is 4.90 Å². The van der Waals surface area contributed by atoms with Gasteiger partial charge in [0.05, 0.1) is 11.0 Å². The quantitative estimate of drug-likeness (QED) is 0.798. The van der Waals surface area contributed by atoms with Crippen LogP contribution in [0.5, 0.6) is 0 Å². The molecule has 0 spiro atoms. The van der Waals surface area contributed by atoms with Gasteiger partial charge in [0, 0.05) is 10.9 Å². The molecule has 0 bridgehead atoms. The predicted octanol–water partition coefficient (Wildman–Crippen LogP) is 2.99. The molecule has 0 aromatic heterocycles. The van der Waals surface area contributed by atoms with Crippen molar-refractivity contribution in [1.29, 1.82) is 5.26 Å². The van der Waals surface area contributed by atoms with Crippen LogP contribution in [0.25, 0.3) is 0 Å². The molecule has 0 radical (unpaired) electrons. The average molecular weight is 346 g/mol. The zero-order valence-electron chi connectivity index (χ0n) is 11.9. The number of carbonyl (C=O) groups excluding carboxylic acids is 1. The van der Waals surface area contributed by atoms with Gasteiger partial charge in [0.25, 0.3) is 0 Å². The fourth-order valence-corrected chi connectivity index (χ4v) is 5.48. The largest absolute Gasteiger partial charge is 0.302 e. The van der Waals surface area contributed by atoms with E-state index in [4.69, 9.17) is 11.6 Å². The molecule has 6 heteroatoms. The number of nitriles is 1. The summed E-state index contributed by atoms with van der Waals surface area (Å²) in [7, 11) is -3.80. The van der Waals surface area contributed by atoms with Gasteiger partial charge >= 0.3 is 0 Å².